The Bertz CT molecular complexity index is 619. The number of fused-ring (bicyclic) bond motifs is 2. The quantitative estimate of drug-likeness (QED) is 0.749. The first-order valence-corrected chi connectivity index (χ1v) is 6.73. The first kappa shape index (κ1) is 10.2. The number of carbonyl (C=O) groups excluding carboxylic acids is 1. The number of nitrogens with zero attached hydrogens (tertiary/aromatic N) is 1. The number of rotatable bonds is 2. The van der Waals surface area contributed by atoms with Crippen molar-refractivity contribution in [3.05, 3.63) is 42.2 Å². The molecule has 2 atom stereocenters. The fraction of sp³-hybridized carbons (Fsp3) is 0.375. The Labute approximate surface area is 106 Å². The van der Waals surface area contributed by atoms with E-state index in [-0.39, 0.29) is 0 Å². The van der Waals surface area contributed by atoms with Gasteiger partial charge in [-0.1, -0.05) is 24.6 Å². The van der Waals surface area contributed by atoms with Crippen molar-refractivity contribution >= 4 is 16.6 Å². The van der Waals surface area contributed by atoms with Crippen LogP contribution in [0.5, 0.6) is 0 Å². The molecule has 0 radical (unpaired) electrons. The Hall–Kier alpha value is -1.70. The molecule has 18 heavy (non-hydrogen) atoms. The lowest BCUT2D eigenvalue weighted by Gasteiger charge is -2.06. The fourth-order valence-electron chi connectivity index (χ4n) is 3.73. The van der Waals surface area contributed by atoms with E-state index in [1.54, 1.807) is 6.20 Å². The van der Waals surface area contributed by atoms with Crippen molar-refractivity contribution in [2.45, 2.75) is 19.3 Å². The van der Waals surface area contributed by atoms with E-state index in [0.29, 0.717) is 23.5 Å². The molecule has 2 aliphatic rings. The minimum atomic E-state index is 0.317. The average molecular weight is 237 g/mol. The van der Waals surface area contributed by atoms with Gasteiger partial charge in [0.05, 0.1) is 0 Å². The Morgan fingerprint density at radius 3 is 2.83 bits per heavy atom. The van der Waals surface area contributed by atoms with Crippen LogP contribution in [0.3, 0.4) is 0 Å². The van der Waals surface area contributed by atoms with Crippen LogP contribution in [0.2, 0.25) is 0 Å². The second-order valence-electron chi connectivity index (χ2n) is 5.55. The van der Waals surface area contributed by atoms with E-state index in [4.69, 9.17) is 0 Å². The Morgan fingerprint density at radius 1 is 1.17 bits per heavy atom. The van der Waals surface area contributed by atoms with Crippen molar-refractivity contribution in [3.8, 4) is 0 Å². The number of Topliss-reactive ketones (excluding diaryl/α,β-unsaturated/α-hetero) is 1. The topological polar surface area (TPSA) is 30.0 Å². The number of hydrogen-bond donors (Lipinski definition) is 0. The third-order valence-corrected chi connectivity index (χ3v) is 4.66. The van der Waals surface area contributed by atoms with Crippen LogP contribution >= 0.6 is 0 Å². The van der Waals surface area contributed by atoms with Gasteiger partial charge >= 0.3 is 0 Å². The van der Waals surface area contributed by atoms with Crippen LogP contribution in [0.25, 0.3) is 10.8 Å². The minimum Gasteiger partial charge on any atom is -0.294 e. The maximum Gasteiger partial charge on any atom is 0.167 e. The second kappa shape index (κ2) is 3.64. The number of benzene rings is 1. The van der Waals surface area contributed by atoms with Gasteiger partial charge in [-0.15, -0.1) is 0 Å². The molecule has 2 unspecified atom stereocenters. The average Bonchev–Trinajstić information content (AvgIpc) is 2.90. The summed E-state index contributed by atoms with van der Waals surface area (Å²) in [6, 6.07) is 7.92. The molecule has 2 fully saturated rings. The molecular formula is C16H15NO. The number of aromatic nitrogens is 1. The zero-order valence-corrected chi connectivity index (χ0v) is 10.2. The van der Waals surface area contributed by atoms with Crippen LogP contribution in [-0.4, -0.2) is 10.8 Å². The molecule has 0 bridgehead atoms. The third kappa shape index (κ3) is 1.35. The van der Waals surface area contributed by atoms with Crippen molar-refractivity contribution in [2.75, 3.05) is 0 Å². The highest BCUT2D eigenvalue weighted by atomic mass is 16.1. The summed E-state index contributed by atoms with van der Waals surface area (Å²) in [6.07, 6.45) is 7.44. The Morgan fingerprint density at radius 2 is 2.00 bits per heavy atom. The lowest BCUT2D eigenvalue weighted by atomic mass is 9.97. The molecule has 0 spiro atoms. The normalized spacial score (nSPS) is 29.2. The summed E-state index contributed by atoms with van der Waals surface area (Å²) in [5, 5.41) is 2.12. The predicted molar refractivity (Wildman–Crippen MR) is 70.4 cm³/mol. The fourth-order valence-corrected chi connectivity index (χ4v) is 3.73. The Balaban J connectivity index is 1.76. The standard InChI is InChI=1S/C16H15NO/c18-16(15-12-4-2-5-13(12)15)14-6-1-3-10-9-17-8-7-11(10)14/h1,3,6-9,12-13,15H,2,4-5H2. The van der Waals surface area contributed by atoms with E-state index in [1.165, 1.54) is 19.3 Å². The van der Waals surface area contributed by atoms with Gasteiger partial charge < -0.3 is 0 Å². The largest absolute Gasteiger partial charge is 0.294 e. The van der Waals surface area contributed by atoms with E-state index in [0.717, 1.165) is 16.3 Å². The number of pyridine rings is 1. The zero-order valence-electron chi connectivity index (χ0n) is 10.2. The van der Waals surface area contributed by atoms with Gasteiger partial charge in [0.1, 0.15) is 0 Å². The Kier molecular flexibility index (Phi) is 2.07. The van der Waals surface area contributed by atoms with Crippen molar-refractivity contribution in [3.63, 3.8) is 0 Å². The van der Waals surface area contributed by atoms with Crippen LogP contribution in [0.1, 0.15) is 29.6 Å². The summed E-state index contributed by atoms with van der Waals surface area (Å²) in [5.74, 6) is 2.06. The highest BCUT2D eigenvalue weighted by Gasteiger charge is 2.56. The van der Waals surface area contributed by atoms with Crippen molar-refractivity contribution < 1.29 is 4.79 Å². The van der Waals surface area contributed by atoms with E-state index in [2.05, 4.69) is 4.98 Å². The molecule has 2 aliphatic carbocycles. The lowest BCUT2D eigenvalue weighted by molar-refractivity contribution is 0.0953. The van der Waals surface area contributed by atoms with E-state index in [9.17, 15) is 4.79 Å². The van der Waals surface area contributed by atoms with Gasteiger partial charge in [-0.05, 0) is 36.1 Å². The highest BCUT2D eigenvalue weighted by Crippen LogP contribution is 2.58. The number of carbonyl (C=O) groups is 1. The summed E-state index contributed by atoms with van der Waals surface area (Å²) in [7, 11) is 0. The summed E-state index contributed by atoms with van der Waals surface area (Å²) >= 11 is 0. The van der Waals surface area contributed by atoms with E-state index >= 15 is 0 Å². The maximum absolute atomic E-state index is 12.6. The van der Waals surface area contributed by atoms with Gasteiger partial charge in [-0.2, -0.15) is 0 Å². The minimum absolute atomic E-state index is 0.317. The SMILES string of the molecule is O=C(c1cccc2cnccc12)C1C2CCCC21. The van der Waals surface area contributed by atoms with Crippen LogP contribution in [0.15, 0.2) is 36.7 Å². The first-order chi connectivity index (χ1) is 8.86. The highest BCUT2D eigenvalue weighted by molar-refractivity contribution is 6.10. The molecule has 0 aliphatic heterocycles. The van der Waals surface area contributed by atoms with Crippen molar-refractivity contribution in [2.24, 2.45) is 17.8 Å². The molecule has 2 nitrogen and oxygen atoms in total. The van der Waals surface area contributed by atoms with Crippen LogP contribution in [0, 0.1) is 17.8 Å². The summed E-state index contributed by atoms with van der Waals surface area (Å²) in [6.45, 7) is 0. The predicted octanol–water partition coefficient (Wildman–Crippen LogP) is 3.46. The van der Waals surface area contributed by atoms with Crippen LogP contribution in [-0.2, 0) is 0 Å². The van der Waals surface area contributed by atoms with Gasteiger partial charge in [-0.3, -0.25) is 9.78 Å². The lowest BCUT2D eigenvalue weighted by Crippen LogP contribution is -2.06. The molecule has 0 N–H and O–H groups in total. The molecule has 1 aromatic heterocycles. The first-order valence-electron chi connectivity index (χ1n) is 6.73. The van der Waals surface area contributed by atoms with Gasteiger partial charge in [0.25, 0.3) is 0 Å². The zero-order chi connectivity index (χ0) is 12.1. The molecule has 2 heteroatoms. The number of ketones is 1. The molecule has 2 saturated carbocycles. The van der Waals surface area contributed by atoms with Crippen LogP contribution in [0.4, 0.5) is 0 Å². The number of hydrogen-bond acceptors (Lipinski definition) is 2. The van der Waals surface area contributed by atoms with E-state index < -0.39 is 0 Å². The third-order valence-electron chi connectivity index (χ3n) is 4.66. The van der Waals surface area contributed by atoms with Crippen molar-refractivity contribution in [1.29, 1.82) is 0 Å². The van der Waals surface area contributed by atoms with Gasteiger partial charge in [0.2, 0.25) is 0 Å². The van der Waals surface area contributed by atoms with Crippen molar-refractivity contribution in [1.82, 2.24) is 4.98 Å². The molecule has 1 heterocycles. The molecule has 90 valence electrons. The summed E-state index contributed by atoms with van der Waals surface area (Å²) in [4.78, 5) is 16.7. The molecule has 0 saturated heterocycles. The summed E-state index contributed by atoms with van der Waals surface area (Å²) in [5.41, 5.74) is 0.898. The second-order valence-corrected chi connectivity index (χ2v) is 5.55. The van der Waals surface area contributed by atoms with Gasteiger partial charge in [0.15, 0.2) is 5.78 Å². The molecule has 0 amide bonds. The maximum atomic E-state index is 12.6. The van der Waals surface area contributed by atoms with Gasteiger partial charge in [-0.25, -0.2) is 0 Å². The molecule has 4 rings (SSSR count). The summed E-state index contributed by atoms with van der Waals surface area (Å²) < 4.78 is 0. The molecule has 1 aromatic carbocycles. The molecule has 2 aromatic rings. The smallest absolute Gasteiger partial charge is 0.167 e. The van der Waals surface area contributed by atoms with Crippen LogP contribution < -0.4 is 0 Å². The molecular weight excluding hydrogens is 222 g/mol. The van der Waals surface area contributed by atoms with Gasteiger partial charge in [0, 0.05) is 29.3 Å². The van der Waals surface area contributed by atoms with E-state index in [1.807, 2.05) is 30.5 Å². The monoisotopic (exact) mass is 237 g/mol.